The van der Waals surface area contributed by atoms with Gasteiger partial charge in [-0.1, -0.05) is 31.2 Å². The molecule has 0 spiro atoms. The summed E-state index contributed by atoms with van der Waals surface area (Å²) in [7, 11) is -2.35. The maximum Gasteiger partial charge on any atom is 0.321 e. The van der Waals surface area contributed by atoms with Gasteiger partial charge in [0, 0.05) is 31.2 Å². The van der Waals surface area contributed by atoms with Gasteiger partial charge in [0.05, 0.1) is 13.2 Å². The Morgan fingerprint density at radius 3 is 2.74 bits per heavy atom. The molecule has 2 aromatic rings. The molecule has 0 unspecified atom stereocenters. The van der Waals surface area contributed by atoms with Crippen molar-refractivity contribution in [1.29, 1.82) is 0 Å². The molecule has 3 atom stereocenters. The second-order valence-electron chi connectivity index (χ2n) is 8.77. The van der Waals surface area contributed by atoms with Crippen molar-refractivity contribution in [1.82, 2.24) is 9.21 Å². The van der Waals surface area contributed by atoms with Crippen molar-refractivity contribution in [2.75, 3.05) is 32.1 Å². The maximum absolute atomic E-state index is 13.5. The molecule has 0 aliphatic carbocycles. The number of nitrogens with zero attached hydrogens (tertiary/aromatic N) is 2. The highest BCUT2D eigenvalue weighted by molar-refractivity contribution is 7.89. The standard InChI is InChI=1S/C25H32FN3O5S/c1-5-7-19-10-11-24-22(12-19)34-23(17(2)14-29(18(3)16-30)35(24,32)33)15-28(4)25(31)27-21-9-6-8-20(26)13-21/h5-13,17-18,23,30H,14-16H2,1-4H3,(H,27,31)/b7-5+/t17-,18-,23+/m0/s1. The highest BCUT2D eigenvalue weighted by Crippen LogP contribution is 2.34. The summed E-state index contributed by atoms with van der Waals surface area (Å²) in [5.41, 5.74) is 1.09. The van der Waals surface area contributed by atoms with Crippen LogP contribution >= 0.6 is 0 Å². The van der Waals surface area contributed by atoms with Gasteiger partial charge in [0.1, 0.15) is 22.6 Å². The van der Waals surface area contributed by atoms with Crippen LogP contribution in [0.4, 0.5) is 14.9 Å². The molecule has 0 bridgehead atoms. The molecule has 10 heteroatoms. The Morgan fingerprint density at radius 2 is 2.09 bits per heavy atom. The van der Waals surface area contributed by atoms with Crippen LogP contribution in [-0.4, -0.2) is 67.7 Å². The number of fused-ring (bicyclic) bond motifs is 1. The van der Waals surface area contributed by atoms with Crippen molar-refractivity contribution in [2.45, 2.75) is 37.8 Å². The fourth-order valence-corrected chi connectivity index (χ4v) is 5.72. The zero-order chi connectivity index (χ0) is 25.8. The minimum atomic E-state index is -3.94. The van der Waals surface area contributed by atoms with E-state index >= 15 is 0 Å². The smallest absolute Gasteiger partial charge is 0.321 e. The molecule has 3 rings (SSSR count). The van der Waals surface area contributed by atoms with Crippen LogP contribution < -0.4 is 10.1 Å². The van der Waals surface area contributed by atoms with Gasteiger partial charge in [-0.3, -0.25) is 0 Å². The minimum absolute atomic E-state index is 0.00909. The number of urea groups is 1. The Balaban J connectivity index is 1.93. The second-order valence-corrected chi connectivity index (χ2v) is 10.6. The maximum atomic E-state index is 13.5. The fourth-order valence-electron chi connectivity index (χ4n) is 3.89. The highest BCUT2D eigenvalue weighted by Gasteiger charge is 2.38. The SMILES string of the molecule is C/C=C/c1ccc2c(c1)O[C@H](CN(C)C(=O)Nc1cccc(F)c1)[C@@H](C)CN([C@@H](C)CO)S2(=O)=O. The number of anilines is 1. The van der Waals surface area contributed by atoms with E-state index in [1.165, 1.54) is 33.5 Å². The Morgan fingerprint density at radius 1 is 1.34 bits per heavy atom. The van der Waals surface area contributed by atoms with Crippen LogP contribution in [0.5, 0.6) is 5.75 Å². The van der Waals surface area contributed by atoms with Crippen LogP contribution in [0.25, 0.3) is 6.08 Å². The molecule has 2 amide bonds. The molecule has 0 radical (unpaired) electrons. The van der Waals surface area contributed by atoms with Crippen LogP contribution in [0.3, 0.4) is 0 Å². The predicted octanol–water partition coefficient (Wildman–Crippen LogP) is 3.79. The van der Waals surface area contributed by atoms with Gasteiger partial charge in [-0.2, -0.15) is 4.31 Å². The summed E-state index contributed by atoms with van der Waals surface area (Å²) in [6, 6.07) is 9.36. The number of sulfonamides is 1. The molecule has 0 saturated heterocycles. The molecule has 1 aliphatic heterocycles. The summed E-state index contributed by atoms with van der Waals surface area (Å²) in [4.78, 5) is 14.2. The van der Waals surface area contributed by atoms with Crippen molar-refractivity contribution in [3.63, 3.8) is 0 Å². The lowest BCUT2D eigenvalue weighted by Crippen LogP contribution is -2.50. The van der Waals surface area contributed by atoms with Gasteiger partial charge in [0.2, 0.25) is 10.0 Å². The van der Waals surface area contributed by atoms with Crippen LogP contribution in [0.15, 0.2) is 53.4 Å². The number of carbonyl (C=O) groups is 1. The molecule has 1 aliphatic rings. The summed E-state index contributed by atoms with van der Waals surface area (Å²) in [5, 5.41) is 12.4. The molecule has 0 saturated carbocycles. The van der Waals surface area contributed by atoms with Gasteiger partial charge in [-0.25, -0.2) is 17.6 Å². The topological polar surface area (TPSA) is 99.2 Å². The zero-order valence-electron chi connectivity index (χ0n) is 20.3. The number of nitrogens with one attached hydrogen (secondary N) is 1. The quantitative estimate of drug-likeness (QED) is 0.622. The van der Waals surface area contributed by atoms with Crippen molar-refractivity contribution >= 4 is 27.8 Å². The van der Waals surface area contributed by atoms with Crippen molar-refractivity contribution in [3.05, 3.63) is 59.9 Å². The van der Waals surface area contributed by atoms with E-state index < -0.39 is 34.0 Å². The predicted molar refractivity (Wildman–Crippen MR) is 133 cm³/mol. The summed E-state index contributed by atoms with van der Waals surface area (Å²) in [5.74, 6) is -0.594. The first-order valence-corrected chi connectivity index (χ1v) is 12.8. The molecule has 8 nitrogen and oxygen atoms in total. The minimum Gasteiger partial charge on any atom is -0.487 e. The first kappa shape index (κ1) is 26.7. The summed E-state index contributed by atoms with van der Waals surface area (Å²) < 4.78 is 48.0. The first-order valence-electron chi connectivity index (χ1n) is 11.4. The van der Waals surface area contributed by atoms with Gasteiger partial charge in [-0.15, -0.1) is 0 Å². The molecule has 190 valence electrons. The lowest BCUT2D eigenvalue weighted by molar-refractivity contribution is 0.0830. The number of rotatable bonds is 6. The number of aliphatic hydroxyl groups is 1. The van der Waals surface area contributed by atoms with Gasteiger partial charge < -0.3 is 20.1 Å². The fraction of sp³-hybridized carbons (Fsp3) is 0.400. The Hall–Kier alpha value is -2.95. The van der Waals surface area contributed by atoms with Gasteiger partial charge >= 0.3 is 6.03 Å². The van der Waals surface area contributed by atoms with E-state index in [4.69, 9.17) is 4.74 Å². The van der Waals surface area contributed by atoms with Crippen LogP contribution in [0, 0.1) is 11.7 Å². The van der Waals surface area contributed by atoms with E-state index in [1.807, 2.05) is 26.0 Å². The van der Waals surface area contributed by atoms with Crippen molar-refractivity contribution in [3.8, 4) is 5.75 Å². The lowest BCUT2D eigenvalue weighted by Gasteiger charge is -2.37. The van der Waals surface area contributed by atoms with Gasteiger partial charge in [0.15, 0.2) is 0 Å². The summed E-state index contributed by atoms with van der Waals surface area (Å²) in [6.45, 7) is 5.26. The number of hydrogen-bond donors (Lipinski definition) is 2. The third-order valence-corrected chi connectivity index (χ3v) is 7.95. The number of amides is 2. The number of halogens is 1. The number of allylic oxidation sites excluding steroid dienone is 1. The third-order valence-electron chi connectivity index (χ3n) is 5.93. The number of hydrogen-bond acceptors (Lipinski definition) is 5. The number of carbonyl (C=O) groups excluding carboxylic acids is 1. The molecule has 35 heavy (non-hydrogen) atoms. The Kier molecular flexibility index (Phi) is 8.52. The van der Waals surface area contributed by atoms with Crippen molar-refractivity contribution in [2.24, 2.45) is 5.92 Å². The van der Waals surface area contributed by atoms with E-state index in [2.05, 4.69) is 5.32 Å². The third kappa shape index (κ3) is 6.19. The molecule has 2 aromatic carbocycles. The molecule has 0 aromatic heterocycles. The normalized spacial score (nSPS) is 20.9. The lowest BCUT2D eigenvalue weighted by atomic mass is 10.0. The van der Waals surface area contributed by atoms with Crippen LogP contribution in [-0.2, 0) is 10.0 Å². The number of aliphatic hydroxyl groups excluding tert-OH is 1. The second kappa shape index (κ2) is 11.2. The Bertz CT molecular complexity index is 1190. The van der Waals surface area contributed by atoms with Crippen molar-refractivity contribution < 1.29 is 27.4 Å². The number of ether oxygens (including phenoxy) is 1. The molecular formula is C25H32FN3O5S. The average Bonchev–Trinajstić information content (AvgIpc) is 2.81. The molecule has 0 fully saturated rings. The van der Waals surface area contributed by atoms with Crippen LogP contribution in [0.2, 0.25) is 0 Å². The highest BCUT2D eigenvalue weighted by atomic mass is 32.2. The van der Waals surface area contributed by atoms with Gasteiger partial charge in [0.25, 0.3) is 0 Å². The van der Waals surface area contributed by atoms with E-state index in [0.717, 1.165) is 5.56 Å². The van der Waals surface area contributed by atoms with Gasteiger partial charge in [-0.05, 0) is 49.7 Å². The van der Waals surface area contributed by atoms with Crippen LogP contribution in [0.1, 0.15) is 26.3 Å². The number of likely N-dealkylation sites (N-methyl/N-ethyl adjacent to an activating group) is 1. The van der Waals surface area contributed by atoms with E-state index in [9.17, 15) is 22.7 Å². The Labute approximate surface area is 206 Å². The first-order chi connectivity index (χ1) is 16.6. The molecule has 1 heterocycles. The zero-order valence-corrected chi connectivity index (χ0v) is 21.1. The largest absolute Gasteiger partial charge is 0.487 e. The van der Waals surface area contributed by atoms with E-state index in [0.29, 0.717) is 5.69 Å². The summed E-state index contributed by atoms with van der Waals surface area (Å²) >= 11 is 0. The average molecular weight is 506 g/mol. The number of benzene rings is 2. The van der Waals surface area contributed by atoms with E-state index in [-0.39, 0.29) is 36.3 Å². The molecular weight excluding hydrogens is 473 g/mol. The molecule has 2 N–H and O–H groups in total. The van der Waals surface area contributed by atoms with E-state index in [1.54, 1.807) is 32.2 Å². The summed E-state index contributed by atoms with van der Waals surface area (Å²) in [6.07, 6.45) is 3.12. The monoisotopic (exact) mass is 505 g/mol.